The van der Waals surface area contributed by atoms with Crippen molar-refractivity contribution in [2.45, 2.75) is 6.42 Å². The molecule has 0 bridgehead atoms. The number of halogens is 1. The van der Waals surface area contributed by atoms with Gasteiger partial charge in [0.1, 0.15) is 17.1 Å². The molecule has 0 saturated carbocycles. The fourth-order valence-electron chi connectivity index (χ4n) is 2.77. The standard InChI is InChI=1S/C19H17ClN6O/c1-27-14-2-3-17-16(10-14)24-12-26(17)18-15(20)11-23-19(25-18)22-9-6-13-4-7-21-8-5-13/h2-5,7-8,10-12H,6,9H2,1H3,(H,22,23,25). The van der Waals surface area contributed by atoms with Gasteiger partial charge in [-0.05, 0) is 36.2 Å². The highest BCUT2D eigenvalue weighted by atomic mass is 35.5. The molecule has 0 aliphatic carbocycles. The second kappa shape index (κ2) is 7.59. The van der Waals surface area contributed by atoms with Crippen LogP contribution in [0.4, 0.5) is 5.95 Å². The lowest BCUT2D eigenvalue weighted by molar-refractivity contribution is 0.415. The smallest absolute Gasteiger partial charge is 0.224 e. The number of pyridine rings is 1. The molecule has 4 aromatic rings. The van der Waals surface area contributed by atoms with Gasteiger partial charge in [-0.3, -0.25) is 9.55 Å². The van der Waals surface area contributed by atoms with Gasteiger partial charge in [-0.1, -0.05) is 11.6 Å². The second-order valence-electron chi connectivity index (χ2n) is 5.87. The van der Waals surface area contributed by atoms with E-state index in [9.17, 15) is 0 Å². The number of ether oxygens (including phenoxy) is 1. The van der Waals surface area contributed by atoms with Crippen molar-refractivity contribution < 1.29 is 4.74 Å². The Labute approximate surface area is 161 Å². The molecule has 0 atom stereocenters. The number of methoxy groups -OCH3 is 1. The molecule has 0 unspecified atom stereocenters. The monoisotopic (exact) mass is 380 g/mol. The van der Waals surface area contributed by atoms with Crippen molar-refractivity contribution >= 4 is 28.6 Å². The number of imidazole rings is 1. The molecule has 1 N–H and O–H groups in total. The van der Waals surface area contributed by atoms with Gasteiger partial charge in [-0.25, -0.2) is 9.97 Å². The third kappa shape index (κ3) is 3.68. The van der Waals surface area contributed by atoms with Crippen LogP contribution < -0.4 is 10.1 Å². The van der Waals surface area contributed by atoms with Crippen LogP contribution in [-0.2, 0) is 6.42 Å². The number of nitrogens with one attached hydrogen (secondary N) is 1. The van der Waals surface area contributed by atoms with Gasteiger partial charge in [0.05, 0.1) is 24.3 Å². The summed E-state index contributed by atoms with van der Waals surface area (Å²) in [6, 6.07) is 9.65. The van der Waals surface area contributed by atoms with E-state index in [1.165, 1.54) is 5.56 Å². The van der Waals surface area contributed by atoms with Crippen LogP contribution in [0, 0.1) is 0 Å². The Hall–Kier alpha value is -3.19. The molecule has 0 saturated heterocycles. The molecule has 3 aromatic heterocycles. The first kappa shape index (κ1) is 17.2. The second-order valence-corrected chi connectivity index (χ2v) is 6.27. The van der Waals surface area contributed by atoms with E-state index in [0.29, 0.717) is 23.3 Å². The average Bonchev–Trinajstić information content (AvgIpc) is 3.13. The lowest BCUT2D eigenvalue weighted by Gasteiger charge is -2.09. The van der Waals surface area contributed by atoms with Crippen molar-refractivity contribution in [3.63, 3.8) is 0 Å². The van der Waals surface area contributed by atoms with Crippen molar-refractivity contribution in [3.8, 4) is 11.6 Å². The minimum Gasteiger partial charge on any atom is -0.497 e. The lowest BCUT2D eigenvalue weighted by atomic mass is 10.2. The molecule has 3 heterocycles. The fourth-order valence-corrected chi connectivity index (χ4v) is 2.95. The Morgan fingerprint density at radius 2 is 2.00 bits per heavy atom. The van der Waals surface area contributed by atoms with Crippen LogP contribution >= 0.6 is 11.6 Å². The van der Waals surface area contributed by atoms with E-state index in [4.69, 9.17) is 16.3 Å². The van der Waals surface area contributed by atoms with E-state index >= 15 is 0 Å². The Morgan fingerprint density at radius 3 is 2.81 bits per heavy atom. The van der Waals surface area contributed by atoms with Crippen LogP contribution in [0.3, 0.4) is 0 Å². The van der Waals surface area contributed by atoms with Gasteiger partial charge in [0.15, 0.2) is 5.82 Å². The van der Waals surface area contributed by atoms with Gasteiger partial charge in [-0.15, -0.1) is 0 Å². The molecule has 4 rings (SSSR count). The summed E-state index contributed by atoms with van der Waals surface area (Å²) in [6.07, 6.45) is 7.70. The van der Waals surface area contributed by atoms with Crippen LogP contribution in [0.5, 0.6) is 5.75 Å². The molecule has 0 fully saturated rings. The predicted octanol–water partition coefficient (Wildman–Crippen LogP) is 3.53. The van der Waals surface area contributed by atoms with Crippen LogP contribution in [0.1, 0.15) is 5.56 Å². The third-order valence-corrected chi connectivity index (χ3v) is 4.42. The molecule has 0 aliphatic heterocycles. The average molecular weight is 381 g/mol. The van der Waals surface area contributed by atoms with Gasteiger partial charge in [0, 0.05) is 25.0 Å². The van der Waals surface area contributed by atoms with Gasteiger partial charge < -0.3 is 10.1 Å². The Bertz CT molecular complexity index is 1070. The summed E-state index contributed by atoms with van der Waals surface area (Å²) >= 11 is 6.34. The molecular formula is C19H17ClN6O. The highest BCUT2D eigenvalue weighted by Crippen LogP contribution is 2.25. The van der Waals surface area contributed by atoms with Gasteiger partial charge in [0.2, 0.25) is 5.95 Å². The summed E-state index contributed by atoms with van der Waals surface area (Å²) < 4.78 is 7.09. The molecule has 0 amide bonds. The Balaban J connectivity index is 1.57. The van der Waals surface area contributed by atoms with E-state index in [2.05, 4.69) is 25.3 Å². The lowest BCUT2D eigenvalue weighted by Crippen LogP contribution is -2.10. The minimum atomic E-state index is 0.449. The van der Waals surface area contributed by atoms with Crippen LogP contribution in [0.15, 0.2) is 55.2 Å². The van der Waals surface area contributed by atoms with E-state index in [1.54, 1.807) is 32.0 Å². The number of fused-ring (bicyclic) bond motifs is 1. The van der Waals surface area contributed by atoms with E-state index in [-0.39, 0.29) is 0 Å². The maximum Gasteiger partial charge on any atom is 0.224 e. The molecule has 0 aliphatic rings. The molecule has 7 nitrogen and oxygen atoms in total. The summed E-state index contributed by atoms with van der Waals surface area (Å²) in [6.45, 7) is 0.701. The summed E-state index contributed by atoms with van der Waals surface area (Å²) in [5.74, 6) is 1.84. The number of anilines is 1. The summed E-state index contributed by atoms with van der Waals surface area (Å²) in [5, 5.41) is 3.68. The zero-order chi connectivity index (χ0) is 18.6. The normalized spacial score (nSPS) is 10.9. The van der Waals surface area contributed by atoms with E-state index < -0.39 is 0 Å². The van der Waals surface area contributed by atoms with Gasteiger partial charge in [-0.2, -0.15) is 4.98 Å². The molecule has 0 spiro atoms. The molecule has 136 valence electrons. The maximum atomic E-state index is 6.34. The van der Waals surface area contributed by atoms with Crippen molar-refractivity contribution in [2.75, 3.05) is 19.0 Å². The Morgan fingerprint density at radius 1 is 1.15 bits per heavy atom. The maximum absolute atomic E-state index is 6.34. The largest absolute Gasteiger partial charge is 0.497 e. The topological polar surface area (TPSA) is 77.8 Å². The number of nitrogens with zero attached hydrogens (tertiary/aromatic N) is 5. The zero-order valence-electron chi connectivity index (χ0n) is 14.6. The number of aromatic nitrogens is 5. The molecule has 0 radical (unpaired) electrons. The summed E-state index contributed by atoms with van der Waals surface area (Å²) in [4.78, 5) is 17.3. The quantitative estimate of drug-likeness (QED) is 0.551. The third-order valence-electron chi connectivity index (χ3n) is 4.15. The summed E-state index contributed by atoms with van der Waals surface area (Å²) in [5.41, 5.74) is 2.89. The minimum absolute atomic E-state index is 0.449. The number of benzene rings is 1. The van der Waals surface area contributed by atoms with E-state index in [0.717, 1.165) is 23.2 Å². The fraction of sp³-hybridized carbons (Fsp3) is 0.158. The molecule has 8 heteroatoms. The SMILES string of the molecule is COc1ccc2c(c1)ncn2-c1nc(NCCc2ccncc2)ncc1Cl. The number of hydrogen-bond donors (Lipinski definition) is 1. The highest BCUT2D eigenvalue weighted by molar-refractivity contribution is 6.32. The van der Waals surface area contributed by atoms with Crippen molar-refractivity contribution in [3.05, 3.63) is 65.8 Å². The van der Waals surface area contributed by atoms with Gasteiger partial charge >= 0.3 is 0 Å². The van der Waals surface area contributed by atoms with Crippen LogP contribution in [0.25, 0.3) is 16.9 Å². The predicted molar refractivity (Wildman–Crippen MR) is 105 cm³/mol. The van der Waals surface area contributed by atoms with E-state index in [1.807, 2.05) is 34.9 Å². The van der Waals surface area contributed by atoms with Crippen molar-refractivity contribution in [2.24, 2.45) is 0 Å². The number of hydrogen-bond acceptors (Lipinski definition) is 6. The van der Waals surface area contributed by atoms with Gasteiger partial charge in [0.25, 0.3) is 0 Å². The summed E-state index contributed by atoms with van der Waals surface area (Å²) in [7, 11) is 1.63. The first-order chi connectivity index (χ1) is 13.2. The van der Waals surface area contributed by atoms with Crippen molar-refractivity contribution in [1.82, 2.24) is 24.5 Å². The first-order valence-electron chi connectivity index (χ1n) is 8.41. The number of rotatable bonds is 6. The molecule has 1 aromatic carbocycles. The first-order valence-corrected chi connectivity index (χ1v) is 8.79. The van der Waals surface area contributed by atoms with Crippen LogP contribution in [-0.4, -0.2) is 38.2 Å². The molecular weight excluding hydrogens is 364 g/mol. The zero-order valence-corrected chi connectivity index (χ0v) is 15.4. The Kier molecular flexibility index (Phi) is 4.84. The molecule has 27 heavy (non-hydrogen) atoms. The van der Waals surface area contributed by atoms with Crippen LogP contribution in [0.2, 0.25) is 5.02 Å². The highest BCUT2D eigenvalue weighted by Gasteiger charge is 2.12. The van der Waals surface area contributed by atoms with Crippen molar-refractivity contribution in [1.29, 1.82) is 0 Å².